The average molecular weight is 536 g/mol. The van der Waals surface area contributed by atoms with Gasteiger partial charge in [0.1, 0.15) is 36.1 Å². The molecule has 5 rings (SSSR count). The number of amides is 2. The third-order valence-corrected chi connectivity index (χ3v) is 6.47. The van der Waals surface area contributed by atoms with E-state index in [0.29, 0.717) is 27.8 Å². The van der Waals surface area contributed by atoms with E-state index in [1.165, 1.54) is 18.2 Å². The van der Waals surface area contributed by atoms with Crippen molar-refractivity contribution in [1.29, 1.82) is 0 Å². The van der Waals surface area contributed by atoms with E-state index in [4.69, 9.17) is 11.6 Å². The Balaban J connectivity index is 1.38. The maximum Gasteiger partial charge on any atom is 0.248 e. The molecule has 1 aliphatic rings. The molecule has 0 bridgehead atoms. The number of pyridine rings is 1. The third kappa shape index (κ3) is 5.32. The maximum absolute atomic E-state index is 14.4. The molecule has 0 spiro atoms. The van der Waals surface area contributed by atoms with Crippen LogP contribution in [0.2, 0.25) is 5.15 Å². The highest BCUT2D eigenvalue weighted by Crippen LogP contribution is 2.28. The number of anilines is 3. The fourth-order valence-electron chi connectivity index (χ4n) is 4.55. The van der Waals surface area contributed by atoms with E-state index >= 15 is 0 Å². The number of hydrogen-bond acceptors (Lipinski definition) is 7. The number of ketones is 1. The molecule has 1 saturated heterocycles. The van der Waals surface area contributed by atoms with E-state index in [-0.39, 0.29) is 36.3 Å². The Kier molecular flexibility index (Phi) is 7.01. The van der Waals surface area contributed by atoms with Gasteiger partial charge in [0.15, 0.2) is 5.78 Å². The molecule has 194 valence electrons. The van der Waals surface area contributed by atoms with E-state index in [1.54, 1.807) is 47.4 Å². The van der Waals surface area contributed by atoms with Crippen LogP contribution in [-0.4, -0.2) is 60.8 Å². The van der Waals surface area contributed by atoms with Gasteiger partial charge in [-0.3, -0.25) is 14.4 Å². The predicted molar refractivity (Wildman–Crippen MR) is 140 cm³/mol. The number of alkyl halides is 1. The number of nitrogens with one attached hydrogen (secondary N) is 2. The zero-order valence-corrected chi connectivity index (χ0v) is 21.0. The van der Waals surface area contributed by atoms with Gasteiger partial charge in [0.25, 0.3) is 0 Å². The topological polar surface area (TPSA) is 122 Å². The molecular formula is C26H23ClFN7O3. The number of rotatable bonds is 7. The van der Waals surface area contributed by atoms with Crippen molar-refractivity contribution in [3.63, 3.8) is 0 Å². The van der Waals surface area contributed by atoms with Crippen molar-refractivity contribution in [2.45, 2.75) is 32.1 Å². The van der Waals surface area contributed by atoms with Gasteiger partial charge in [0, 0.05) is 34.8 Å². The van der Waals surface area contributed by atoms with E-state index in [9.17, 15) is 18.8 Å². The number of nitrogens with zero attached hydrogens (tertiary/aromatic N) is 5. The summed E-state index contributed by atoms with van der Waals surface area (Å²) >= 11 is 5.88. The Bertz CT molecular complexity index is 1530. The van der Waals surface area contributed by atoms with Crippen LogP contribution in [0, 0.1) is 0 Å². The normalized spacial score (nSPS) is 17.0. The number of likely N-dealkylation sites (tertiary alicyclic amines) is 1. The van der Waals surface area contributed by atoms with E-state index in [1.807, 2.05) is 12.1 Å². The number of carbonyl (C=O) groups is 3. The first-order valence-electron chi connectivity index (χ1n) is 11.8. The average Bonchev–Trinajstić information content (AvgIpc) is 3.45. The zero-order chi connectivity index (χ0) is 26.8. The second-order valence-corrected chi connectivity index (χ2v) is 9.33. The summed E-state index contributed by atoms with van der Waals surface area (Å²) in [5.74, 6) is -0.945. The lowest BCUT2D eigenvalue weighted by Gasteiger charge is -2.24. The van der Waals surface area contributed by atoms with Crippen LogP contribution >= 0.6 is 11.6 Å². The summed E-state index contributed by atoms with van der Waals surface area (Å²) in [6.07, 6.45) is 4.81. The molecular weight excluding hydrogens is 513 g/mol. The lowest BCUT2D eigenvalue weighted by Crippen LogP contribution is -2.44. The molecule has 38 heavy (non-hydrogen) atoms. The Hall–Kier alpha value is -4.38. The third-order valence-electron chi connectivity index (χ3n) is 6.25. The smallest absolute Gasteiger partial charge is 0.248 e. The summed E-state index contributed by atoms with van der Waals surface area (Å²) in [5, 5.41) is 6.64. The molecule has 1 aromatic carbocycles. The largest absolute Gasteiger partial charge is 0.353 e. The number of Topliss-reactive ketones (excluding diaryl/α,β-unsaturated/α-hetero) is 1. The van der Waals surface area contributed by atoms with Gasteiger partial charge in [-0.1, -0.05) is 17.7 Å². The van der Waals surface area contributed by atoms with Crippen molar-refractivity contribution in [2.24, 2.45) is 0 Å². The van der Waals surface area contributed by atoms with Crippen LogP contribution in [0.4, 0.5) is 21.6 Å². The zero-order valence-electron chi connectivity index (χ0n) is 20.3. The van der Waals surface area contributed by atoms with E-state index < -0.39 is 24.0 Å². The minimum atomic E-state index is -1.34. The minimum absolute atomic E-state index is 0.124. The number of aromatic nitrogens is 4. The van der Waals surface area contributed by atoms with Crippen molar-refractivity contribution in [2.75, 3.05) is 17.2 Å². The lowest BCUT2D eigenvalue weighted by molar-refractivity contribution is -0.137. The molecule has 4 aromatic rings. The van der Waals surface area contributed by atoms with Crippen molar-refractivity contribution < 1.29 is 18.8 Å². The molecule has 0 saturated carbocycles. The summed E-state index contributed by atoms with van der Waals surface area (Å²) in [5.41, 5.74) is 2.48. The highest BCUT2D eigenvalue weighted by Gasteiger charge is 2.40. The first-order valence-corrected chi connectivity index (χ1v) is 12.2. The Morgan fingerprint density at radius 3 is 2.66 bits per heavy atom. The molecule has 10 nitrogen and oxygen atoms in total. The summed E-state index contributed by atoms with van der Waals surface area (Å²) in [6, 6.07) is 9.14. The van der Waals surface area contributed by atoms with Gasteiger partial charge in [-0.25, -0.2) is 19.3 Å². The molecule has 4 heterocycles. The monoisotopic (exact) mass is 535 g/mol. The van der Waals surface area contributed by atoms with Crippen molar-refractivity contribution in [3.05, 3.63) is 72.0 Å². The lowest BCUT2D eigenvalue weighted by atomic mass is 10.1. The van der Waals surface area contributed by atoms with Crippen molar-refractivity contribution >= 4 is 57.3 Å². The molecule has 0 aliphatic carbocycles. The number of halogens is 2. The summed E-state index contributed by atoms with van der Waals surface area (Å²) in [4.78, 5) is 51.8. The fourth-order valence-corrected chi connectivity index (χ4v) is 4.71. The number of benzene rings is 1. The van der Waals surface area contributed by atoms with E-state index in [2.05, 4.69) is 25.6 Å². The van der Waals surface area contributed by atoms with Gasteiger partial charge in [-0.15, -0.1) is 0 Å². The Morgan fingerprint density at radius 2 is 1.92 bits per heavy atom. The molecule has 2 amide bonds. The number of carbonyl (C=O) groups excluding carboxylic acids is 3. The molecule has 0 radical (unpaired) electrons. The van der Waals surface area contributed by atoms with Gasteiger partial charge in [-0.2, -0.15) is 0 Å². The van der Waals surface area contributed by atoms with Gasteiger partial charge in [0.05, 0.1) is 24.6 Å². The highest BCUT2D eigenvalue weighted by atomic mass is 35.5. The van der Waals surface area contributed by atoms with Crippen LogP contribution in [-0.2, 0) is 16.1 Å². The van der Waals surface area contributed by atoms with Crippen LogP contribution in [0.15, 0.2) is 61.3 Å². The first kappa shape index (κ1) is 25.3. The molecule has 2 atom stereocenters. The Morgan fingerprint density at radius 1 is 1.13 bits per heavy atom. The second kappa shape index (κ2) is 10.5. The summed E-state index contributed by atoms with van der Waals surface area (Å²) < 4.78 is 16.0. The molecule has 2 N–H and O–H groups in total. The molecule has 2 unspecified atom stereocenters. The number of fused-ring (bicyclic) bond motifs is 1. The van der Waals surface area contributed by atoms with Crippen LogP contribution in [0.25, 0.3) is 10.9 Å². The predicted octanol–water partition coefficient (Wildman–Crippen LogP) is 4.00. The molecule has 1 aliphatic heterocycles. The van der Waals surface area contributed by atoms with E-state index in [0.717, 1.165) is 0 Å². The first-order chi connectivity index (χ1) is 18.3. The second-order valence-electron chi connectivity index (χ2n) is 8.94. The minimum Gasteiger partial charge on any atom is -0.353 e. The summed E-state index contributed by atoms with van der Waals surface area (Å²) in [6.45, 7) is 1.07. The van der Waals surface area contributed by atoms with Gasteiger partial charge in [0.2, 0.25) is 11.8 Å². The quantitative estimate of drug-likeness (QED) is 0.271. The summed E-state index contributed by atoms with van der Waals surface area (Å²) in [7, 11) is 0. The number of hydrogen-bond donors (Lipinski definition) is 2. The fraction of sp³-hybridized carbons (Fsp3) is 0.231. The van der Waals surface area contributed by atoms with Crippen LogP contribution in [0.5, 0.6) is 0 Å². The Labute approximate surface area is 221 Å². The van der Waals surface area contributed by atoms with Crippen LogP contribution in [0.1, 0.15) is 23.7 Å². The van der Waals surface area contributed by atoms with Crippen LogP contribution in [0.3, 0.4) is 0 Å². The molecule has 3 aromatic heterocycles. The van der Waals surface area contributed by atoms with Crippen LogP contribution < -0.4 is 10.6 Å². The van der Waals surface area contributed by atoms with Crippen molar-refractivity contribution in [3.8, 4) is 0 Å². The van der Waals surface area contributed by atoms with Gasteiger partial charge in [-0.05, 0) is 37.3 Å². The van der Waals surface area contributed by atoms with Crippen molar-refractivity contribution in [1.82, 2.24) is 24.4 Å². The highest BCUT2D eigenvalue weighted by molar-refractivity contribution is 6.29. The van der Waals surface area contributed by atoms with Gasteiger partial charge >= 0.3 is 0 Å². The molecule has 1 fully saturated rings. The van der Waals surface area contributed by atoms with Gasteiger partial charge < -0.3 is 20.1 Å². The standard InChI is InChI=1S/C26H23ClFN7O3/c1-15(36)20-12-34(21-6-5-17(8-19(20)21)31-18-9-29-14-30-10-18)13-25(37)35-11-16(28)7-22(35)26(38)33-24-4-2-3-23(27)32-24/h2-6,8-10,12,14,16,22,31H,7,11,13H2,1H3,(H,32,33,38). The molecule has 12 heteroatoms. The SMILES string of the molecule is CC(=O)c1cn(CC(=O)N2CC(F)CC2C(=O)Nc2cccc(Cl)n2)c2ccc(Nc3cncnc3)cc12. The maximum atomic E-state index is 14.4.